The van der Waals surface area contributed by atoms with Gasteiger partial charge in [-0.3, -0.25) is 4.79 Å². The second kappa shape index (κ2) is 1.84. The topological polar surface area (TPSA) is 38.8 Å². The first kappa shape index (κ1) is 6.89. The predicted octanol–water partition coefficient (Wildman–Crippen LogP) is 0.727. The van der Waals surface area contributed by atoms with Crippen LogP contribution in [0.3, 0.4) is 0 Å². The fraction of sp³-hybridized carbons (Fsp3) is 0.889. The minimum atomic E-state index is -0.0267. The molecule has 0 N–H and O–H groups in total. The third-order valence-corrected chi connectivity index (χ3v) is 3.65. The van der Waals surface area contributed by atoms with Crippen LogP contribution in [-0.4, -0.2) is 24.3 Å². The van der Waals surface area contributed by atoms with Crippen molar-refractivity contribution < 1.29 is 14.3 Å². The van der Waals surface area contributed by atoms with E-state index in [9.17, 15) is 4.79 Å². The molecule has 0 aromatic carbocycles. The van der Waals surface area contributed by atoms with Crippen LogP contribution in [0.5, 0.6) is 0 Å². The van der Waals surface area contributed by atoms with Gasteiger partial charge < -0.3 is 9.47 Å². The molecule has 3 nitrogen and oxygen atoms in total. The van der Waals surface area contributed by atoms with Gasteiger partial charge in [0.15, 0.2) is 0 Å². The Morgan fingerprint density at radius 3 is 3.25 bits per heavy atom. The van der Waals surface area contributed by atoms with Crippen LogP contribution in [0.4, 0.5) is 0 Å². The SMILES string of the molecule is C[C@@]12O[C@@H]1C[C@@H]1CC(=O)OC[C@@H]12. The average Bonchev–Trinajstić information content (AvgIpc) is 2.55. The molecule has 1 aliphatic carbocycles. The Bertz CT molecular complexity index is 250. The second-order valence-corrected chi connectivity index (χ2v) is 4.28. The number of carbonyl (C=O) groups is 1. The van der Waals surface area contributed by atoms with Gasteiger partial charge in [-0.15, -0.1) is 0 Å². The molecule has 3 fully saturated rings. The highest BCUT2D eigenvalue weighted by atomic mass is 16.6. The zero-order chi connectivity index (χ0) is 8.34. The summed E-state index contributed by atoms with van der Waals surface area (Å²) < 4.78 is 10.6. The summed E-state index contributed by atoms with van der Waals surface area (Å²) in [6, 6.07) is 0. The van der Waals surface area contributed by atoms with Crippen LogP contribution >= 0.6 is 0 Å². The van der Waals surface area contributed by atoms with E-state index in [1.165, 1.54) is 0 Å². The van der Waals surface area contributed by atoms with Crippen LogP contribution < -0.4 is 0 Å². The van der Waals surface area contributed by atoms with Gasteiger partial charge in [-0.1, -0.05) is 0 Å². The lowest BCUT2D eigenvalue weighted by molar-refractivity contribution is -0.154. The Kier molecular flexibility index (Phi) is 1.06. The van der Waals surface area contributed by atoms with Crippen molar-refractivity contribution >= 4 is 5.97 Å². The number of epoxide rings is 1. The van der Waals surface area contributed by atoms with Crippen LogP contribution in [0, 0.1) is 11.8 Å². The molecule has 2 aliphatic heterocycles. The predicted molar refractivity (Wildman–Crippen MR) is 40.5 cm³/mol. The molecule has 66 valence electrons. The fourth-order valence-corrected chi connectivity index (χ4v) is 2.77. The first-order chi connectivity index (χ1) is 5.70. The molecule has 0 amide bonds. The molecular weight excluding hydrogens is 156 g/mol. The van der Waals surface area contributed by atoms with Gasteiger partial charge in [-0.05, 0) is 19.3 Å². The van der Waals surface area contributed by atoms with Crippen molar-refractivity contribution in [2.75, 3.05) is 6.61 Å². The minimum Gasteiger partial charge on any atom is -0.465 e. The normalized spacial score (nSPS) is 55.8. The van der Waals surface area contributed by atoms with Crippen molar-refractivity contribution in [3.05, 3.63) is 0 Å². The Balaban J connectivity index is 1.85. The number of esters is 1. The summed E-state index contributed by atoms with van der Waals surface area (Å²) in [4.78, 5) is 11.0. The number of rotatable bonds is 0. The number of carbonyl (C=O) groups excluding carboxylic acids is 1. The first-order valence-electron chi connectivity index (χ1n) is 4.53. The van der Waals surface area contributed by atoms with Gasteiger partial charge in [0, 0.05) is 12.3 Å². The Morgan fingerprint density at radius 2 is 2.42 bits per heavy atom. The molecule has 3 aliphatic rings. The Hall–Kier alpha value is -0.570. The molecule has 3 heteroatoms. The van der Waals surface area contributed by atoms with Gasteiger partial charge in [0.1, 0.15) is 0 Å². The maximum absolute atomic E-state index is 11.0. The largest absolute Gasteiger partial charge is 0.465 e. The van der Waals surface area contributed by atoms with E-state index in [4.69, 9.17) is 9.47 Å². The van der Waals surface area contributed by atoms with E-state index in [0.717, 1.165) is 6.42 Å². The van der Waals surface area contributed by atoms with E-state index < -0.39 is 0 Å². The van der Waals surface area contributed by atoms with Crippen molar-refractivity contribution in [2.24, 2.45) is 11.8 Å². The Morgan fingerprint density at radius 1 is 1.58 bits per heavy atom. The van der Waals surface area contributed by atoms with Crippen molar-refractivity contribution in [1.82, 2.24) is 0 Å². The van der Waals surface area contributed by atoms with Gasteiger partial charge in [0.25, 0.3) is 0 Å². The quantitative estimate of drug-likeness (QED) is 0.395. The maximum atomic E-state index is 11.0. The number of fused-ring (bicyclic) bond motifs is 3. The second-order valence-electron chi connectivity index (χ2n) is 4.28. The van der Waals surface area contributed by atoms with E-state index in [1.807, 2.05) is 0 Å². The molecule has 0 radical (unpaired) electrons. The highest BCUT2D eigenvalue weighted by molar-refractivity contribution is 5.70. The smallest absolute Gasteiger partial charge is 0.306 e. The lowest BCUT2D eigenvalue weighted by Gasteiger charge is -2.28. The van der Waals surface area contributed by atoms with Crippen molar-refractivity contribution in [1.29, 1.82) is 0 Å². The first-order valence-corrected chi connectivity index (χ1v) is 4.53. The highest BCUT2D eigenvalue weighted by Crippen LogP contribution is 2.58. The zero-order valence-corrected chi connectivity index (χ0v) is 7.08. The summed E-state index contributed by atoms with van der Waals surface area (Å²) in [5.74, 6) is 0.983. The molecule has 3 rings (SSSR count). The van der Waals surface area contributed by atoms with E-state index in [0.29, 0.717) is 31.0 Å². The minimum absolute atomic E-state index is 0.0267. The van der Waals surface area contributed by atoms with Crippen LogP contribution in [0.2, 0.25) is 0 Å². The molecule has 0 bridgehead atoms. The van der Waals surface area contributed by atoms with E-state index in [1.54, 1.807) is 0 Å². The van der Waals surface area contributed by atoms with Gasteiger partial charge in [-0.2, -0.15) is 0 Å². The monoisotopic (exact) mass is 168 g/mol. The van der Waals surface area contributed by atoms with Crippen LogP contribution in [0.25, 0.3) is 0 Å². The molecule has 1 saturated carbocycles. The summed E-state index contributed by atoms with van der Waals surface area (Å²) in [7, 11) is 0. The van der Waals surface area contributed by atoms with E-state index >= 15 is 0 Å². The summed E-state index contributed by atoms with van der Waals surface area (Å²) in [6.07, 6.45) is 2.10. The molecule has 12 heavy (non-hydrogen) atoms. The molecule has 0 aromatic heterocycles. The molecule has 2 heterocycles. The van der Waals surface area contributed by atoms with Crippen LogP contribution in [0.15, 0.2) is 0 Å². The standard InChI is InChI=1S/C9H12O3/c1-9-6-4-11-8(10)3-5(6)2-7(9)12-9/h5-7H,2-4H2,1H3/t5-,6+,7-,9+/m1/s1. The lowest BCUT2D eigenvalue weighted by Crippen LogP contribution is -2.35. The van der Waals surface area contributed by atoms with Crippen LogP contribution in [-0.2, 0) is 14.3 Å². The average molecular weight is 168 g/mol. The van der Waals surface area contributed by atoms with E-state index in [2.05, 4.69) is 6.92 Å². The summed E-state index contributed by atoms with van der Waals surface area (Å²) in [6.45, 7) is 2.72. The number of cyclic esters (lactones) is 1. The van der Waals surface area contributed by atoms with Crippen molar-refractivity contribution in [2.45, 2.75) is 31.5 Å². The maximum Gasteiger partial charge on any atom is 0.306 e. The lowest BCUT2D eigenvalue weighted by atomic mass is 9.86. The molecule has 0 aromatic rings. The highest BCUT2D eigenvalue weighted by Gasteiger charge is 2.66. The van der Waals surface area contributed by atoms with E-state index in [-0.39, 0.29) is 11.6 Å². The summed E-state index contributed by atoms with van der Waals surface area (Å²) in [5, 5.41) is 0. The summed E-state index contributed by atoms with van der Waals surface area (Å²) in [5.41, 5.74) is 0.0609. The molecule has 0 unspecified atom stereocenters. The fourth-order valence-electron chi connectivity index (χ4n) is 2.77. The van der Waals surface area contributed by atoms with Gasteiger partial charge in [0.2, 0.25) is 0 Å². The van der Waals surface area contributed by atoms with Gasteiger partial charge in [0.05, 0.1) is 18.3 Å². The number of hydrogen-bond acceptors (Lipinski definition) is 3. The molecule has 4 atom stereocenters. The molecular formula is C9H12O3. The Labute approximate surface area is 71.0 Å². The number of hydrogen-bond donors (Lipinski definition) is 0. The molecule has 0 spiro atoms. The van der Waals surface area contributed by atoms with Gasteiger partial charge >= 0.3 is 5.97 Å². The molecule has 2 saturated heterocycles. The zero-order valence-electron chi connectivity index (χ0n) is 7.08. The van der Waals surface area contributed by atoms with Crippen molar-refractivity contribution in [3.8, 4) is 0 Å². The van der Waals surface area contributed by atoms with Crippen molar-refractivity contribution in [3.63, 3.8) is 0 Å². The number of ether oxygens (including phenoxy) is 2. The third-order valence-electron chi connectivity index (χ3n) is 3.65. The van der Waals surface area contributed by atoms with Gasteiger partial charge in [-0.25, -0.2) is 0 Å². The van der Waals surface area contributed by atoms with Crippen LogP contribution in [0.1, 0.15) is 19.8 Å². The summed E-state index contributed by atoms with van der Waals surface area (Å²) >= 11 is 0. The third kappa shape index (κ3) is 0.678.